The smallest absolute Gasteiger partial charge is 0.446 e. The first kappa shape index (κ1) is 40.6. The minimum Gasteiger partial charge on any atom is -0.466 e. The maximum atomic E-state index is 12.0. The summed E-state index contributed by atoms with van der Waals surface area (Å²) in [4.78, 5) is 39.7. The molecular formula is C25H43N4O8PS4. The molecule has 0 saturated heterocycles. The van der Waals surface area contributed by atoms with Crippen LogP contribution in [0.4, 0.5) is 4.79 Å². The molecule has 1 aromatic rings. The summed E-state index contributed by atoms with van der Waals surface area (Å²) in [5.41, 5.74) is 1.07. The van der Waals surface area contributed by atoms with E-state index in [1.165, 1.54) is 54.2 Å². The Balaban J connectivity index is 0.000000903. The topological polar surface area (TPSA) is 136 Å². The van der Waals surface area contributed by atoms with E-state index in [2.05, 4.69) is 10.5 Å². The van der Waals surface area contributed by atoms with Crippen LogP contribution in [0.5, 0.6) is 0 Å². The number of esters is 1. The molecule has 0 spiro atoms. The normalized spacial score (nSPS) is 12.2. The summed E-state index contributed by atoms with van der Waals surface area (Å²) in [5, 5.41) is 6.86. The fourth-order valence-electron chi connectivity index (χ4n) is 2.62. The van der Waals surface area contributed by atoms with E-state index in [9.17, 15) is 18.9 Å². The standard InChI is InChI=1S/C17H25N3O4S2.C8H18NO4PS2/c1-5-23-16(21)11-12-20(13-15-9-7-6-8-10-15)26-19(3)17(22)24-18-14(2)25-4;1-7(8(10)9-2)15-5-6-16-14(11,12-3)13-4/h6-10H,5,11-13H2,1-4H3;7H,5-6H2,1-4H3,(H,9,10)/b18-14-;. The molecular weight excluding hydrogens is 644 g/mol. The second kappa shape index (κ2) is 24.0. The minimum atomic E-state index is -2.97. The van der Waals surface area contributed by atoms with Gasteiger partial charge in [-0.1, -0.05) is 35.5 Å². The monoisotopic (exact) mass is 686 g/mol. The van der Waals surface area contributed by atoms with E-state index in [0.717, 1.165) is 22.7 Å². The summed E-state index contributed by atoms with van der Waals surface area (Å²) >= 11 is 5.22. The maximum absolute atomic E-state index is 12.0. The van der Waals surface area contributed by atoms with Gasteiger partial charge in [0.2, 0.25) is 5.91 Å². The third-order valence-electron chi connectivity index (χ3n) is 4.88. The zero-order valence-electron chi connectivity index (χ0n) is 25.4. The van der Waals surface area contributed by atoms with E-state index < -0.39 is 12.9 Å². The van der Waals surface area contributed by atoms with Crippen molar-refractivity contribution in [1.29, 1.82) is 0 Å². The van der Waals surface area contributed by atoms with E-state index in [1.807, 2.05) is 47.8 Å². The maximum Gasteiger partial charge on any atom is 0.446 e. The van der Waals surface area contributed by atoms with Crippen LogP contribution in [0.1, 0.15) is 32.8 Å². The van der Waals surface area contributed by atoms with Crippen molar-refractivity contribution in [2.45, 2.75) is 39.0 Å². The van der Waals surface area contributed by atoms with Gasteiger partial charge in [-0.3, -0.25) is 14.4 Å². The number of benzene rings is 1. The molecule has 1 N–H and O–H groups in total. The average Bonchev–Trinajstić information content (AvgIpc) is 3.00. The van der Waals surface area contributed by atoms with Crippen LogP contribution in [0.2, 0.25) is 0 Å². The molecule has 2 amide bonds. The number of thioether (sulfide) groups is 2. The molecule has 0 bridgehead atoms. The number of ether oxygens (including phenoxy) is 1. The van der Waals surface area contributed by atoms with Gasteiger partial charge in [0, 0.05) is 65.0 Å². The largest absolute Gasteiger partial charge is 0.466 e. The van der Waals surface area contributed by atoms with Gasteiger partial charge in [-0.2, -0.15) is 0 Å². The molecule has 0 aliphatic rings. The molecule has 1 aromatic carbocycles. The molecule has 1 rings (SSSR count). The van der Waals surface area contributed by atoms with Gasteiger partial charge in [-0.15, -0.1) is 23.5 Å². The van der Waals surface area contributed by atoms with Gasteiger partial charge in [0.05, 0.1) is 18.3 Å². The summed E-state index contributed by atoms with van der Waals surface area (Å²) in [5.74, 6) is 1.06. The molecule has 0 aliphatic heterocycles. The Labute approximate surface area is 266 Å². The second-order valence-electron chi connectivity index (χ2n) is 7.93. The number of hydrogen-bond donors (Lipinski definition) is 1. The summed E-state index contributed by atoms with van der Waals surface area (Å²) < 4.78 is 29.4. The Morgan fingerprint density at radius 1 is 1.12 bits per heavy atom. The molecule has 1 unspecified atom stereocenters. The van der Waals surface area contributed by atoms with Crippen molar-refractivity contribution in [1.82, 2.24) is 13.9 Å². The zero-order valence-corrected chi connectivity index (χ0v) is 29.6. The summed E-state index contributed by atoms with van der Waals surface area (Å²) in [6, 6.07) is 9.81. The lowest BCUT2D eigenvalue weighted by Gasteiger charge is -2.24. The van der Waals surface area contributed by atoms with Crippen molar-refractivity contribution >= 4 is 76.9 Å². The predicted molar refractivity (Wildman–Crippen MR) is 177 cm³/mol. The van der Waals surface area contributed by atoms with Gasteiger partial charge in [-0.25, -0.2) is 18.0 Å². The number of nitrogens with one attached hydrogen (secondary N) is 1. The second-order valence-corrected chi connectivity index (χ2v) is 16.0. The molecule has 0 radical (unpaired) electrons. The molecule has 240 valence electrons. The van der Waals surface area contributed by atoms with Crippen LogP contribution < -0.4 is 5.32 Å². The van der Waals surface area contributed by atoms with Gasteiger partial charge >= 0.3 is 18.9 Å². The third-order valence-corrected chi connectivity index (χ3v) is 11.9. The van der Waals surface area contributed by atoms with Gasteiger partial charge in [0.25, 0.3) is 0 Å². The van der Waals surface area contributed by atoms with Crippen molar-refractivity contribution in [3.63, 3.8) is 0 Å². The number of carbonyl (C=O) groups is 3. The Kier molecular flexibility index (Phi) is 23.2. The molecule has 12 nitrogen and oxygen atoms in total. The molecule has 0 aliphatic carbocycles. The van der Waals surface area contributed by atoms with Gasteiger partial charge in [0.1, 0.15) is 5.04 Å². The lowest BCUT2D eigenvalue weighted by molar-refractivity contribution is -0.143. The van der Waals surface area contributed by atoms with Crippen LogP contribution in [0, 0.1) is 0 Å². The third kappa shape index (κ3) is 19.0. The average molecular weight is 687 g/mol. The Morgan fingerprint density at radius 3 is 2.31 bits per heavy atom. The van der Waals surface area contributed by atoms with Crippen molar-refractivity contribution in [3.05, 3.63) is 35.9 Å². The first-order chi connectivity index (χ1) is 19.9. The van der Waals surface area contributed by atoms with Crippen molar-refractivity contribution in [3.8, 4) is 0 Å². The van der Waals surface area contributed by atoms with Crippen LogP contribution in [0.15, 0.2) is 35.5 Å². The first-order valence-corrected chi connectivity index (χ1v) is 18.9. The SMILES string of the molecule is CCOC(=O)CCN(Cc1ccccc1)SN(C)C(=O)O/N=C(/C)SC.CNC(=O)C(C)SCCSP(=O)(OC)OC. The number of amides is 2. The summed E-state index contributed by atoms with van der Waals surface area (Å²) in [7, 11) is 5.92. The van der Waals surface area contributed by atoms with Gasteiger partial charge < -0.3 is 19.1 Å². The molecule has 1 atom stereocenters. The van der Waals surface area contributed by atoms with Crippen LogP contribution in [0.25, 0.3) is 0 Å². The van der Waals surface area contributed by atoms with Crippen molar-refractivity contribution < 1.29 is 37.6 Å². The molecule has 0 aromatic heterocycles. The number of rotatable bonds is 17. The Hall–Kier alpha value is -1.39. The quantitative estimate of drug-likeness (QED) is 0.0311. The van der Waals surface area contributed by atoms with Crippen LogP contribution >= 0.6 is 53.8 Å². The number of hydrogen-bond acceptors (Lipinski definition) is 14. The molecule has 0 heterocycles. The van der Waals surface area contributed by atoms with Crippen LogP contribution in [-0.4, -0.2) is 96.1 Å². The van der Waals surface area contributed by atoms with Crippen molar-refractivity contribution in [2.24, 2.45) is 5.16 Å². The molecule has 0 fully saturated rings. The van der Waals surface area contributed by atoms with Gasteiger partial charge in [-0.05, 0) is 44.0 Å². The molecule has 42 heavy (non-hydrogen) atoms. The predicted octanol–water partition coefficient (Wildman–Crippen LogP) is 5.76. The fourth-order valence-corrected chi connectivity index (χ4v) is 7.42. The van der Waals surface area contributed by atoms with Crippen LogP contribution in [0.3, 0.4) is 0 Å². The van der Waals surface area contributed by atoms with Gasteiger partial charge in [0.15, 0.2) is 0 Å². The zero-order chi connectivity index (χ0) is 32.0. The fraction of sp³-hybridized carbons (Fsp3) is 0.600. The van der Waals surface area contributed by atoms with Crippen LogP contribution in [-0.2, 0) is 39.3 Å². The van der Waals surface area contributed by atoms with E-state index in [1.54, 1.807) is 27.9 Å². The molecule has 17 heteroatoms. The molecule has 0 saturated carbocycles. The highest BCUT2D eigenvalue weighted by Crippen LogP contribution is 2.59. The van der Waals surface area contributed by atoms with Crippen molar-refractivity contribution in [2.75, 3.05) is 59.2 Å². The Morgan fingerprint density at radius 2 is 1.76 bits per heavy atom. The Bertz CT molecular complexity index is 1000. The highest BCUT2D eigenvalue weighted by Gasteiger charge is 2.22. The number of nitrogens with zero attached hydrogens (tertiary/aromatic N) is 3. The number of carbonyl (C=O) groups excluding carboxylic acids is 3. The minimum absolute atomic E-state index is 0.00309. The first-order valence-electron chi connectivity index (χ1n) is 12.8. The van der Waals surface area contributed by atoms with E-state index >= 15 is 0 Å². The lowest BCUT2D eigenvalue weighted by atomic mass is 10.2. The lowest BCUT2D eigenvalue weighted by Crippen LogP contribution is -2.28. The highest BCUT2D eigenvalue weighted by molar-refractivity contribution is 8.55. The van der Waals surface area contributed by atoms with E-state index in [-0.39, 0.29) is 23.5 Å². The highest BCUT2D eigenvalue weighted by atomic mass is 32.7. The summed E-state index contributed by atoms with van der Waals surface area (Å²) in [6.45, 7) is 3.74. The van der Waals surface area contributed by atoms with E-state index in [0.29, 0.717) is 30.5 Å². The van der Waals surface area contributed by atoms with E-state index in [4.69, 9.17) is 18.6 Å². The number of oxime groups is 1. The summed E-state index contributed by atoms with van der Waals surface area (Å²) in [6.07, 6.45) is 1.50.